The number of hydrogen-bond donors (Lipinski definition) is 2. The Balaban J connectivity index is 2.22. The molecule has 0 aromatic heterocycles. The minimum absolute atomic E-state index is 0.390. The van der Waals surface area contributed by atoms with Crippen LogP contribution in [0.3, 0.4) is 0 Å². The SMILES string of the molecule is Cc1ccc(C(N)=S)c(NCc2ccccc2Cl)c1. The van der Waals surface area contributed by atoms with E-state index in [1.165, 1.54) is 0 Å². The molecule has 0 aliphatic rings. The molecule has 0 saturated heterocycles. The standard InChI is InChI=1S/C15H15ClN2S/c1-10-6-7-12(15(17)19)14(8-10)18-9-11-4-2-3-5-13(11)16/h2-8,18H,9H2,1H3,(H2,17,19). The first-order valence-corrected chi connectivity index (χ1v) is 6.74. The van der Waals surface area contributed by atoms with E-state index in [1.54, 1.807) is 0 Å². The second kappa shape index (κ2) is 6.04. The molecule has 0 heterocycles. The number of hydrogen-bond acceptors (Lipinski definition) is 2. The highest BCUT2D eigenvalue weighted by molar-refractivity contribution is 7.80. The van der Waals surface area contributed by atoms with Crippen LogP contribution in [0, 0.1) is 6.92 Å². The van der Waals surface area contributed by atoms with Crippen molar-refractivity contribution < 1.29 is 0 Å². The van der Waals surface area contributed by atoms with Gasteiger partial charge in [0.1, 0.15) is 4.99 Å². The average Bonchev–Trinajstić information content (AvgIpc) is 2.37. The van der Waals surface area contributed by atoms with E-state index in [4.69, 9.17) is 29.6 Å². The van der Waals surface area contributed by atoms with Gasteiger partial charge in [0.15, 0.2) is 0 Å². The van der Waals surface area contributed by atoms with Gasteiger partial charge in [-0.1, -0.05) is 48.1 Å². The number of rotatable bonds is 4. The molecular weight excluding hydrogens is 276 g/mol. The Kier molecular flexibility index (Phi) is 4.40. The van der Waals surface area contributed by atoms with Gasteiger partial charge in [0.25, 0.3) is 0 Å². The van der Waals surface area contributed by atoms with E-state index < -0.39 is 0 Å². The van der Waals surface area contributed by atoms with Crippen molar-refractivity contribution in [2.24, 2.45) is 5.73 Å². The van der Waals surface area contributed by atoms with E-state index >= 15 is 0 Å². The fraction of sp³-hybridized carbons (Fsp3) is 0.133. The van der Waals surface area contributed by atoms with Gasteiger partial charge in [-0.05, 0) is 36.2 Å². The number of nitrogens with one attached hydrogen (secondary N) is 1. The smallest absolute Gasteiger partial charge is 0.106 e. The monoisotopic (exact) mass is 290 g/mol. The third-order valence-corrected chi connectivity index (χ3v) is 3.46. The first-order chi connectivity index (χ1) is 9.08. The molecule has 0 bridgehead atoms. The molecule has 0 unspecified atom stereocenters. The first-order valence-electron chi connectivity index (χ1n) is 5.95. The van der Waals surface area contributed by atoms with E-state index in [0.29, 0.717) is 11.5 Å². The summed E-state index contributed by atoms with van der Waals surface area (Å²) in [5, 5.41) is 4.09. The summed E-state index contributed by atoms with van der Waals surface area (Å²) in [6, 6.07) is 13.7. The van der Waals surface area contributed by atoms with E-state index in [2.05, 4.69) is 5.32 Å². The quantitative estimate of drug-likeness (QED) is 0.839. The van der Waals surface area contributed by atoms with Crippen LogP contribution in [0.1, 0.15) is 16.7 Å². The molecule has 98 valence electrons. The highest BCUT2D eigenvalue weighted by Gasteiger charge is 2.06. The number of anilines is 1. The third-order valence-electron chi connectivity index (χ3n) is 2.87. The normalized spacial score (nSPS) is 10.2. The Labute approximate surface area is 123 Å². The summed E-state index contributed by atoms with van der Waals surface area (Å²) < 4.78 is 0. The van der Waals surface area contributed by atoms with Crippen molar-refractivity contribution >= 4 is 34.5 Å². The van der Waals surface area contributed by atoms with Gasteiger partial charge < -0.3 is 11.1 Å². The largest absolute Gasteiger partial charge is 0.389 e. The number of aryl methyl sites for hydroxylation is 1. The summed E-state index contributed by atoms with van der Waals surface area (Å²) in [4.78, 5) is 0.390. The highest BCUT2D eigenvalue weighted by atomic mass is 35.5. The van der Waals surface area contributed by atoms with Gasteiger partial charge in [0, 0.05) is 22.8 Å². The summed E-state index contributed by atoms with van der Waals surface area (Å²) in [6.07, 6.45) is 0. The van der Waals surface area contributed by atoms with Crippen LogP contribution < -0.4 is 11.1 Å². The van der Waals surface area contributed by atoms with Crippen LogP contribution in [-0.4, -0.2) is 4.99 Å². The molecule has 2 nitrogen and oxygen atoms in total. The van der Waals surface area contributed by atoms with Crippen molar-refractivity contribution in [3.63, 3.8) is 0 Å². The number of nitrogens with two attached hydrogens (primary N) is 1. The van der Waals surface area contributed by atoms with Gasteiger partial charge in [0.2, 0.25) is 0 Å². The fourth-order valence-corrected chi connectivity index (χ4v) is 2.23. The summed E-state index contributed by atoms with van der Waals surface area (Å²) in [7, 11) is 0. The predicted molar refractivity (Wildman–Crippen MR) is 85.8 cm³/mol. The summed E-state index contributed by atoms with van der Waals surface area (Å²) in [5.41, 5.74) is 9.72. The van der Waals surface area contributed by atoms with Crippen molar-refractivity contribution in [3.8, 4) is 0 Å². The van der Waals surface area contributed by atoms with Gasteiger partial charge >= 0.3 is 0 Å². The molecule has 0 aliphatic carbocycles. The molecule has 0 spiro atoms. The van der Waals surface area contributed by atoms with Crippen LogP contribution in [0.15, 0.2) is 42.5 Å². The number of halogens is 1. The van der Waals surface area contributed by atoms with Gasteiger partial charge in [0.05, 0.1) is 0 Å². The minimum atomic E-state index is 0.390. The minimum Gasteiger partial charge on any atom is -0.389 e. The van der Waals surface area contributed by atoms with Crippen molar-refractivity contribution in [1.29, 1.82) is 0 Å². The Morgan fingerprint density at radius 1 is 1.26 bits per heavy atom. The maximum absolute atomic E-state index is 6.13. The van der Waals surface area contributed by atoms with Crippen LogP contribution in [-0.2, 0) is 6.54 Å². The molecule has 0 amide bonds. The first kappa shape index (κ1) is 13.8. The maximum atomic E-state index is 6.13. The Morgan fingerprint density at radius 2 is 2.00 bits per heavy atom. The zero-order chi connectivity index (χ0) is 13.8. The molecule has 0 atom stereocenters. The number of benzene rings is 2. The molecule has 0 aliphatic heterocycles. The molecule has 0 fully saturated rings. The van der Waals surface area contributed by atoms with Crippen LogP contribution in [0.5, 0.6) is 0 Å². The molecule has 2 aromatic rings. The summed E-state index contributed by atoms with van der Waals surface area (Å²) >= 11 is 11.2. The van der Waals surface area contributed by atoms with Crippen LogP contribution in [0.2, 0.25) is 5.02 Å². The van der Waals surface area contributed by atoms with Crippen LogP contribution in [0.4, 0.5) is 5.69 Å². The van der Waals surface area contributed by atoms with Crippen molar-refractivity contribution in [1.82, 2.24) is 0 Å². The zero-order valence-corrected chi connectivity index (χ0v) is 12.2. The fourth-order valence-electron chi connectivity index (χ4n) is 1.85. The second-order valence-electron chi connectivity index (χ2n) is 4.36. The van der Waals surface area contributed by atoms with E-state index in [-0.39, 0.29) is 0 Å². The topological polar surface area (TPSA) is 38.0 Å². The lowest BCUT2D eigenvalue weighted by molar-refractivity contribution is 1.14. The molecule has 0 saturated carbocycles. The van der Waals surface area contributed by atoms with Crippen LogP contribution in [0.25, 0.3) is 0 Å². The summed E-state index contributed by atoms with van der Waals surface area (Å²) in [5.74, 6) is 0. The molecule has 4 heteroatoms. The lowest BCUT2D eigenvalue weighted by atomic mass is 10.1. The van der Waals surface area contributed by atoms with Gasteiger partial charge in [-0.15, -0.1) is 0 Å². The molecule has 19 heavy (non-hydrogen) atoms. The van der Waals surface area contributed by atoms with Crippen molar-refractivity contribution in [3.05, 3.63) is 64.2 Å². The third kappa shape index (κ3) is 3.46. The van der Waals surface area contributed by atoms with Gasteiger partial charge in [-0.25, -0.2) is 0 Å². The van der Waals surface area contributed by atoms with E-state index in [9.17, 15) is 0 Å². The lowest BCUT2D eigenvalue weighted by Crippen LogP contribution is -2.13. The predicted octanol–water partition coefficient (Wildman–Crippen LogP) is 3.89. The van der Waals surface area contributed by atoms with Crippen LogP contribution >= 0.6 is 23.8 Å². The molecule has 3 N–H and O–H groups in total. The Morgan fingerprint density at radius 3 is 2.68 bits per heavy atom. The number of thiocarbonyl (C=S) groups is 1. The lowest BCUT2D eigenvalue weighted by Gasteiger charge is -2.13. The van der Waals surface area contributed by atoms with E-state index in [1.807, 2.05) is 49.4 Å². The molecule has 0 radical (unpaired) electrons. The molecular formula is C15H15ClN2S. The molecule has 2 aromatic carbocycles. The Hall–Kier alpha value is -1.58. The second-order valence-corrected chi connectivity index (χ2v) is 5.21. The van der Waals surface area contributed by atoms with Gasteiger partial charge in [-0.3, -0.25) is 0 Å². The van der Waals surface area contributed by atoms with Crippen molar-refractivity contribution in [2.45, 2.75) is 13.5 Å². The zero-order valence-electron chi connectivity index (χ0n) is 10.6. The average molecular weight is 291 g/mol. The molecule has 2 rings (SSSR count). The van der Waals surface area contributed by atoms with Crippen molar-refractivity contribution in [2.75, 3.05) is 5.32 Å². The highest BCUT2D eigenvalue weighted by Crippen LogP contribution is 2.21. The Bertz CT molecular complexity index is 611. The van der Waals surface area contributed by atoms with E-state index in [0.717, 1.165) is 27.4 Å². The summed E-state index contributed by atoms with van der Waals surface area (Å²) in [6.45, 7) is 2.67. The maximum Gasteiger partial charge on any atom is 0.106 e. The van der Waals surface area contributed by atoms with Gasteiger partial charge in [-0.2, -0.15) is 0 Å².